The van der Waals surface area contributed by atoms with E-state index >= 15 is 0 Å². The van der Waals surface area contributed by atoms with Crippen molar-refractivity contribution in [1.29, 1.82) is 0 Å². The van der Waals surface area contributed by atoms with E-state index in [9.17, 15) is 14.4 Å². The van der Waals surface area contributed by atoms with E-state index in [0.717, 1.165) is 13.0 Å². The summed E-state index contributed by atoms with van der Waals surface area (Å²) in [6.07, 6.45) is 11.3. The van der Waals surface area contributed by atoms with E-state index in [1.54, 1.807) is 34.4 Å². The molecular formula is C15H19N3O5. The number of hydrogen-bond acceptors (Lipinski definition) is 4. The molecule has 1 fully saturated rings. The summed E-state index contributed by atoms with van der Waals surface area (Å²) in [5.74, 6) is -2.31. The van der Waals surface area contributed by atoms with Gasteiger partial charge in [-0.2, -0.15) is 0 Å². The number of carboxylic acids is 2. The van der Waals surface area contributed by atoms with Crippen molar-refractivity contribution in [3.05, 3.63) is 50.2 Å². The number of amides is 1. The molecule has 1 aliphatic rings. The number of nitrogens with zero attached hydrogens (tertiary/aromatic N) is 3. The van der Waals surface area contributed by atoms with Crippen LogP contribution < -0.4 is 0 Å². The summed E-state index contributed by atoms with van der Waals surface area (Å²) in [6.45, 7) is 7.89. The van der Waals surface area contributed by atoms with Gasteiger partial charge in [0.25, 0.3) is 0 Å². The van der Waals surface area contributed by atoms with Crippen molar-refractivity contribution in [2.45, 2.75) is 12.8 Å². The molecule has 0 radical (unpaired) electrons. The molecule has 1 aromatic heterocycles. The predicted molar refractivity (Wildman–Crippen MR) is 84.2 cm³/mol. The standard InChI is InChI=1S/C6H9NO.C5H6N2.C4H4O4/c1-2-7-5-3-4-6(7)8;1-2-7-4-3-6-5-7;5-3(6)1-2-4(7)8/h2H,1,3-5H2;2-5H,1H2;1-2H,(H,5,6)(H,7,8)/b;;2-1+. The molecule has 0 spiro atoms. The topological polar surface area (TPSA) is 113 Å². The Morgan fingerprint density at radius 1 is 1.17 bits per heavy atom. The lowest BCUT2D eigenvalue weighted by Gasteiger charge is -2.05. The molecule has 0 bridgehead atoms. The van der Waals surface area contributed by atoms with Gasteiger partial charge in [0.15, 0.2) is 0 Å². The highest BCUT2D eigenvalue weighted by atomic mass is 16.4. The predicted octanol–water partition coefficient (Wildman–Crippen LogP) is 1.45. The Morgan fingerprint density at radius 2 is 1.78 bits per heavy atom. The molecule has 124 valence electrons. The van der Waals surface area contributed by atoms with Crippen molar-refractivity contribution >= 4 is 24.0 Å². The number of hydrogen-bond donors (Lipinski definition) is 2. The van der Waals surface area contributed by atoms with Gasteiger partial charge in [-0.15, -0.1) is 0 Å². The minimum Gasteiger partial charge on any atom is -0.478 e. The first-order valence-corrected chi connectivity index (χ1v) is 6.56. The molecule has 8 heteroatoms. The third kappa shape index (κ3) is 10.2. The summed E-state index contributed by atoms with van der Waals surface area (Å²) in [6, 6.07) is 0. The normalized spacial score (nSPS) is 12.7. The monoisotopic (exact) mass is 321 g/mol. The lowest BCUT2D eigenvalue weighted by atomic mass is 10.4. The maximum atomic E-state index is 10.7. The van der Waals surface area contributed by atoms with E-state index in [2.05, 4.69) is 18.1 Å². The minimum atomic E-state index is -1.26. The van der Waals surface area contributed by atoms with Gasteiger partial charge in [0, 0.05) is 43.7 Å². The number of carbonyl (C=O) groups is 3. The molecule has 2 N–H and O–H groups in total. The maximum absolute atomic E-state index is 10.7. The van der Waals surface area contributed by atoms with Crippen LogP contribution in [0.4, 0.5) is 0 Å². The number of carboxylic acid groups (broad SMARTS) is 2. The van der Waals surface area contributed by atoms with E-state index in [0.29, 0.717) is 18.6 Å². The van der Waals surface area contributed by atoms with Gasteiger partial charge < -0.3 is 19.7 Å². The molecular weight excluding hydrogens is 302 g/mol. The van der Waals surface area contributed by atoms with Crippen LogP contribution in [0, 0.1) is 0 Å². The number of aromatic nitrogens is 2. The molecule has 23 heavy (non-hydrogen) atoms. The number of rotatable bonds is 4. The molecule has 1 saturated heterocycles. The van der Waals surface area contributed by atoms with Gasteiger partial charge in [-0.05, 0) is 12.6 Å². The number of carbonyl (C=O) groups excluding carboxylic acids is 1. The third-order valence-electron chi connectivity index (χ3n) is 2.43. The first-order chi connectivity index (χ1) is 10.9. The summed E-state index contributed by atoms with van der Waals surface area (Å²) >= 11 is 0. The van der Waals surface area contributed by atoms with Gasteiger partial charge in [-0.25, -0.2) is 14.6 Å². The number of imidazole rings is 1. The second-order valence-electron chi connectivity index (χ2n) is 4.08. The van der Waals surface area contributed by atoms with Crippen LogP contribution >= 0.6 is 0 Å². The van der Waals surface area contributed by atoms with E-state index in [1.807, 2.05) is 6.20 Å². The Bertz CT molecular complexity index is 548. The Hall–Kier alpha value is -3.16. The highest BCUT2D eigenvalue weighted by molar-refractivity contribution is 5.89. The van der Waals surface area contributed by atoms with Crippen molar-refractivity contribution in [3.63, 3.8) is 0 Å². The Kier molecular flexibility index (Phi) is 9.91. The summed E-state index contributed by atoms with van der Waals surface area (Å²) in [7, 11) is 0. The first-order valence-electron chi connectivity index (χ1n) is 6.56. The van der Waals surface area contributed by atoms with Gasteiger partial charge >= 0.3 is 11.9 Å². The summed E-state index contributed by atoms with van der Waals surface area (Å²) in [4.78, 5) is 35.2. The first kappa shape index (κ1) is 19.8. The van der Waals surface area contributed by atoms with Crippen LogP contribution in [-0.2, 0) is 14.4 Å². The zero-order chi connectivity index (χ0) is 17.7. The second-order valence-corrected chi connectivity index (χ2v) is 4.08. The largest absolute Gasteiger partial charge is 0.478 e. The zero-order valence-corrected chi connectivity index (χ0v) is 12.5. The van der Waals surface area contributed by atoms with Crippen LogP contribution in [0.15, 0.2) is 50.2 Å². The fourth-order valence-electron chi connectivity index (χ4n) is 1.38. The van der Waals surface area contributed by atoms with Crippen LogP contribution in [0.5, 0.6) is 0 Å². The molecule has 0 saturated carbocycles. The Balaban J connectivity index is 0.000000316. The third-order valence-corrected chi connectivity index (χ3v) is 2.43. The molecule has 0 aliphatic carbocycles. The van der Waals surface area contributed by atoms with E-state index < -0.39 is 11.9 Å². The Labute approximate surface area is 133 Å². The van der Waals surface area contributed by atoms with Crippen LogP contribution in [0.25, 0.3) is 6.20 Å². The van der Waals surface area contributed by atoms with Gasteiger partial charge in [-0.1, -0.05) is 13.2 Å². The highest BCUT2D eigenvalue weighted by Crippen LogP contribution is 2.08. The minimum absolute atomic E-state index is 0.208. The SMILES string of the molecule is C=CN1CCCC1=O.C=Cn1ccnc1.O=C(O)/C=C/C(=O)O. The van der Waals surface area contributed by atoms with Crippen molar-refractivity contribution < 1.29 is 24.6 Å². The fraction of sp³-hybridized carbons (Fsp3) is 0.200. The molecule has 1 aromatic rings. The van der Waals surface area contributed by atoms with Crippen molar-refractivity contribution in [3.8, 4) is 0 Å². The van der Waals surface area contributed by atoms with E-state index in [4.69, 9.17) is 10.2 Å². The van der Waals surface area contributed by atoms with E-state index in [1.165, 1.54) is 0 Å². The van der Waals surface area contributed by atoms with Crippen molar-refractivity contribution in [2.75, 3.05) is 6.54 Å². The van der Waals surface area contributed by atoms with Crippen LogP contribution in [-0.4, -0.2) is 49.1 Å². The smallest absolute Gasteiger partial charge is 0.328 e. The summed E-state index contributed by atoms with van der Waals surface area (Å²) in [5.41, 5.74) is 0. The molecule has 8 nitrogen and oxygen atoms in total. The molecule has 2 rings (SSSR count). The molecule has 0 aromatic carbocycles. The molecule has 0 atom stereocenters. The summed E-state index contributed by atoms with van der Waals surface area (Å²) < 4.78 is 1.78. The average molecular weight is 321 g/mol. The maximum Gasteiger partial charge on any atom is 0.328 e. The van der Waals surface area contributed by atoms with Crippen molar-refractivity contribution in [2.24, 2.45) is 0 Å². The van der Waals surface area contributed by atoms with E-state index in [-0.39, 0.29) is 5.91 Å². The van der Waals surface area contributed by atoms with Gasteiger partial charge in [0.1, 0.15) is 0 Å². The summed E-state index contributed by atoms with van der Waals surface area (Å²) in [5, 5.41) is 15.6. The molecule has 2 heterocycles. The average Bonchev–Trinajstić information content (AvgIpc) is 3.17. The van der Waals surface area contributed by atoms with Crippen molar-refractivity contribution in [1.82, 2.24) is 14.5 Å². The molecule has 1 aliphatic heterocycles. The van der Waals surface area contributed by atoms with Gasteiger partial charge in [0.2, 0.25) is 5.91 Å². The molecule has 0 unspecified atom stereocenters. The quantitative estimate of drug-likeness (QED) is 0.812. The lowest BCUT2D eigenvalue weighted by Crippen LogP contribution is -2.16. The van der Waals surface area contributed by atoms with Gasteiger partial charge in [0.05, 0.1) is 6.33 Å². The highest BCUT2D eigenvalue weighted by Gasteiger charge is 2.15. The van der Waals surface area contributed by atoms with Crippen LogP contribution in [0.2, 0.25) is 0 Å². The zero-order valence-electron chi connectivity index (χ0n) is 12.5. The van der Waals surface area contributed by atoms with Crippen LogP contribution in [0.3, 0.4) is 0 Å². The van der Waals surface area contributed by atoms with Crippen LogP contribution in [0.1, 0.15) is 12.8 Å². The number of likely N-dealkylation sites (tertiary alicyclic amines) is 1. The lowest BCUT2D eigenvalue weighted by molar-refractivity contribution is -0.134. The second kappa shape index (κ2) is 11.5. The fourth-order valence-corrected chi connectivity index (χ4v) is 1.38. The molecule has 1 amide bonds. The van der Waals surface area contributed by atoms with Gasteiger partial charge in [-0.3, -0.25) is 4.79 Å². The number of aliphatic carboxylic acids is 2. The Morgan fingerprint density at radius 3 is 2.00 bits per heavy atom.